The fourth-order valence-corrected chi connectivity index (χ4v) is 5.15. The van der Waals surface area contributed by atoms with Crippen molar-refractivity contribution in [3.63, 3.8) is 0 Å². The summed E-state index contributed by atoms with van der Waals surface area (Å²) < 4.78 is 36.1. The molecule has 3 aromatic rings. The van der Waals surface area contributed by atoms with Crippen molar-refractivity contribution in [3.05, 3.63) is 52.7 Å². The largest absolute Gasteiger partial charge is 0.380 e. The van der Waals surface area contributed by atoms with Gasteiger partial charge in [0.15, 0.2) is 5.03 Å². The molecule has 0 saturated carbocycles. The third kappa shape index (κ3) is 3.05. The minimum absolute atomic E-state index is 0.0579. The standard InChI is InChI=1S/C19H22N4O4S/c1-13-8-15(10-21(2)19(13)24)14-4-5-17-20-9-18(23(17)11-14)28(25,26)22-7-6-16(12-22)27-3/h4-5,8-11,16H,6-7,12H2,1-3H3/t16-/m1/s1. The first-order valence-electron chi connectivity index (χ1n) is 8.99. The lowest BCUT2D eigenvalue weighted by Gasteiger charge is -2.16. The van der Waals surface area contributed by atoms with Gasteiger partial charge in [-0.3, -0.25) is 9.20 Å². The number of sulfonamides is 1. The van der Waals surface area contributed by atoms with Gasteiger partial charge in [-0.2, -0.15) is 4.31 Å². The highest BCUT2D eigenvalue weighted by atomic mass is 32.2. The number of fused-ring (bicyclic) bond motifs is 1. The second-order valence-corrected chi connectivity index (χ2v) is 8.96. The summed E-state index contributed by atoms with van der Waals surface area (Å²) >= 11 is 0. The Morgan fingerprint density at radius 1 is 1.21 bits per heavy atom. The van der Waals surface area contributed by atoms with E-state index in [0.717, 1.165) is 11.1 Å². The van der Waals surface area contributed by atoms with Crippen molar-refractivity contribution >= 4 is 15.7 Å². The van der Waals surface area contributed by atoms with Gasteiger partial charge in [-0.15, -0.1) is 0 Å². The summed E-state index contributed by atoms with van der Waals surface area (Å²) in [6.45, 7) is 2.52. The normalized spacial score (nSPS) is 18.2. The second kappa shape index (κ2) is 6.84. The van der Waals surface area contributed by atoms with Crippen molar-refractivity contribution in [2.24, 2.45) is 7.05 Å². The highest BCUT2D eigenvalue weighted by molar-refractivity contribution is 7.89. The molecule has 9 heteroatoms. The number of rotatable bonds is 4. The van der Waals surface area contributed by atoms with E-state index in [1.807, 2.05) is 6.07 Å². The van der Waals surface area contributed by atoms with Crippen LogP contribution in [0.3, 0.4) is 0 Å². The molecule has 0 bridgehead atoms. The summed E-state index contributed by atoms with van der Waals surface area (Å²) in [4.78, 5) is 16.2. The fraction of sp³-hybridized carbons (Fsp3) is 0.368. The van der Waals surface area contributed by atoms with Crippen LogP contribution in [0.15, 0.2) is 46.6 Å². The minimum atomic E-state index is -3.69. The zero-order chi connectivity index (χ0) is 20.1. The number of aromatic nitrogens is 3. The first kappa shape index (κ1) is 18.9. The van der Waals surface area contributed by atoms with E-state index in [1.54, 1.807) is 50.0 Å². The summed E-state index contributed by atoms with van der Waals surface area (Å²) in [7, 11) is -0.396. The highest BCUT2D eigenvalue weighted by Gasteiger charge is 2.34. The number of hydrogen-bond donors (Lipinski definition) is 0. The van der Waals surface area contributed by atoms with Crippen LogP contribution in [0.1, 0.15) is 12.0 Å². The Bertz CT molecular complexity index is 1190. The average Bonchev–Trinajstić information content (AvgIpc) is 3.32. The molecule has 8 nitrogen and oxygen atoms in total. The molecule has 0 spiro atoms. The molecule has 1 saturated heterocycles. The molecule has 1 aliphatic rings. The smallest absolute Gasteiger partial charge is 0.260 e. The molecule has 1 aliphatic heterocycles. The number of aryl methyl sites for hydroxylation is 2. The fourth-order valence-electron chi connectivity index (χ4n) is 3.60. The third-order valence-corrected chi connectivity index (χ3v) is 7.05. The van der Waals surface area contributed by atoms with Crippen molar-refractivity contribution in [1.29, 1.82) is 0 Å². The predicted molar refractivity (Wildman–Crippen MR) is 105 cm³/mol. The molecule has 148 valence electrons. The summed E-state index contributed by atoms with van der Waals surface area (Å²) in [5, 5.41) is 0.127. The molecule has 0 amide bonds. The lowest BCUT2D eigenvalue weighted by molar-refractivity contribution is 0.115. The molecule has 0 radical (unpaired) electrons. The van der Waals surface area contributed by atoms with Crippen LogP contribution in [0.4, 0.5) is 0 Å². The van der Waals surface area contributed by atoms with Crippen molar-refractivity contribution in [1.82, 2.24) is 18.3 Å². The summed E-state index contributed by atoms with van der Waals surface area (Å²) in [5.41, 5.74) is 2.75. The molecular weight excluding hydrogens is 380 g/mol. The van der Waals surface area contributed by atoms with Gasteiger partial charge in [0.05, 0.1) is 12.3 Å². The van der Waals surface area contributed by atoms with E-state index >= 15 is 0 Å². The van der Waals surface area contributed by atoms with Gasteiger partial charge in [-0.1, -0.05) is 0 Å². The van der Waals surface area contributed by atoms with E-state index in [0.29, 0.717) is 30.7 Å². The monoisotopic (exact) mass is 402 g/mol. The second-order valence-electron chi connectivity index (χ2n) is 7.08. The lowest BCUT2D eigenvalue weighted by Crippen LogP contribution is -2.30. The summed E-state index contributed by atoms with van der Waals surface area (Å²) in [5.74, 6) is 0. The Kier molecular flexibility index (Phi) is 4.60. The van der Waals surface area contributed by atoms with Crippen LogP contribution < -0.4 is 5.56 Å². The maximum Gasteiger partial charge on any atom is 0.260 e. The number of hydrogen-bond acceptors (Lipinski definition) is 5. The van der Waals surface area contributed by atoms with Crippen LogP contribution in [0.25, 0.3) is 16.8 Å². The van der Waals surface area contributed by atoms with Crippen LogP contribution in [0.5, 0.6) is 0 Å². The quantitative estimate of drug-likeness (QED) is 0.659. The molecule has 0 unspecified atom stereocenters. The molecule has 0 aliphatic carbocycles. The molecule has 28 heavy (non-hydrogen) atoms. The van der Waals surface area contributed by atoms with E-state index in [9.17, 15) is 13.2 Å². The van der Waals surface area contributed by atoms with Crippen LogP contribution in [0, 0.1) is 6.92 Å². The molecule has 1 atom stereocenters. The Balaban J connectivity index is 1.80. The highest BCUT2D eigenvalue weighted by Crippen LogP contribution is 2.26. The third-order valence-electron chi connectivity index (χ3n) is 5.21. The molecule has 1 fully saturated rings. The number of nitrogens with zero attached hydrogens (tertiary/aromatic N) is 4. The van der Waals surface area contributed by atoms with Crippen LogP contribution in [-0.4, -0.2) is 53.0 Å². The Hall–Kier alpha value is -2.49. The first-order valence-corrected chi connectivity index (χ1v) is 10.4. The maximum absolute atomic E-state index is 13.1. The number of pyridine rings is 2. The average molecular weight is 402 g/mol. The number of imidazole rings is 1. The van der Waals surface area contributed by atoms with Gasteiger partial charge in [-0.25, -0.2) is 13.4 Å². The van der Waals surface area contributed by atoms with Gasteiger partial charge in [0.25, 0.3) is 15.6 Å². The van der Waals surface area contributed by atoms with Gasteiger partial charge >= 0.3 is 0 Å². The van der Waals surface area contributed by atoms with E-state index < -0.39 is 10.0 Å². The zero-order valence-electron chi connectivity index (χ0n) is 16.0. The molecule has 0 aromatic carbocycles. The first-order chi connectivity index (χ1) is 13.3. The van der Waals surface area contributed by atoms with Crippen molar-refractivity contribution in [2.75, 3.05) is 20.2 Å². The lowest BCUT2D eigenvalue weighted by atomic mass is 10.1. The molecule has 4 rings (SSSR count). The molecule has 4 heterocycles. The van der Waals surface area contributed by atoms with Crippen LogP contribution in [-0.2, 0) is 21.8 Å². The van der Waals surface area contributed by atoms with Gasteiger partial charge in [0.2, 0.25) is 0 Å². The van der Waals surface area contributed by atoms with Crippen molar-refractivity contribution in [2.45, 2.75) is 24.5 Å². The zero-order valence-corrected chi connectivity index (χ0v) is 16.8. The SMILES string of the molecule is CO[C@@H]1CCN(S(=O)(=O)c2cnc3ccc(-c4cc(C)c(=O)n(C)c4)cn23)C1. The summed E-state index contributed by atoms with van der Waals surface area (Å²) in [6, 6.07) is 5.45. The van der Waals surface area contributed by atoms with Crippen LogP contribution in [0.2, 0.25) is 0 Å². The van der Waals surface area contributed by atoms with Gasteiger partial charge in [-0.05, 0) is 42.7 Å². The predicted octanol–water partition coefficient (Wildman–Crippen LogP) is 1.42. The van der Waals surface area contributed by atoms with Gasteiger partial charge in [0.1, 0.15) is 5.65 Å². The maximum atomic E-state index is 13.1. The molecule has 3 aromatic heterocycles. The Labute approximate surface area is 163 Å². The van der Waals surface area contributed by atoms with Crippen molar-refractivity contribution < 1.29 is 13.2 Å². The van der Waals surface area contributed by atoms with E-state index in [-0.39, 0.29) is 16.7 Å². The van der Waals surface area contributed by atoms with E-state index in [2.05, 4.69) is 4.98 Å². The topological polar surface area (TPSA) is 85.9 Å². The Morgan fingerprint density at radius 3 is 2.68 bits per heavy atom. The molecular formula is C19H22N4O4S. The van der Waals surface area contributed by atoms with Crippen molar-refractivity contribution in [3.8, 4) is 11.1 Å². The van der Waals surface area contributed by atoms with Gasteiger partial charge < -0.3 is 9.30 Å². The number of ether oxygens (including phenoxy) is 1. The van der Waals surface area contributed by atoms with Crippen LogP contribution >= 0.6 is 0 Å². The molecule has 0 N–H and O–H groups in total. The Morgan fingerprint density at radius 2 is 2.00 bits per heavy atom. The number of methoxy groups -OCH3 is 1. The minimum Gasteiger partial charge on any atom is -0.380 e. The summed E-state index contributed by atoms with van der Waals surface area (Å²) in [6.07, 6.45) is 5.47. The van der Waals surface area contributed by atoms with E-state index in [4.69, 9.17) is 4.74 Å². The van der Waals surface area contributed by atoms with E-state index in [1.165, 1.54) is 15.1 Å². The van der Waals surface area contributed by atoms with Gasteiger partial charge in [0, 0.05) is 45.2 Å².